The van der Waals surface area contributed by atoms with Gasteiger partial charge in [-0.1, -0.05) is 170 Å². The number of aromatic nitrogens is 1. The van der Waals surface area contributed by atoms with E-state index in [2.05, 4.69) is 193 Å². The molecule has 0 fully saturated rings. The molecule has 1 aromatic heterocycles. The van der Waals surface area contributed by atoms with Crippen molar-refractivity contribution in [3.63, 3.8) is 0 Å². The van der Waals surface area contributed by atoms with Crippen LogP contribution in [-0.4, -0.2) is 4.57 Å². The molecule has 2 heterocycles. The van der Waals surface area contributed by atoms with Gasteiger partial charge in [0.2, 0.25) is 0 Å². The van der Waals surface area contributed by atoms with Crippen molar-refractivity contribution >= 4 is 43.4 Å². The predicted molar refractivity (Wildman–Crippen MR) is 219 cm³/mol. The second kappa shape index (κ2) is 10.6. The van der Waals surface area contributed by atoms with E-state index in [-0.39, 0.29) is 0 Å². The van der Waals surface area contributed by atoms with Gasteiger partial charge >= 0.3 is 0 Å². The molecule has 246 valence electrons. The molecule has 53 heavy (non-hydrogen) atoms. The van der Waals surface area contributed by atoms with Gasteiger partial charge in [-0.3, -0.25) is 0 Å². The molecule has 0 atom stereocenters. The summed E-state index contributed by atoms with van der Waals surface area (Å²) in [4.78, 5) is 0. The van der Waals surface area contributed by atoms with Gasteiger partial charge in [-0.25, -0.2) is 0 Å². The average Bonchev–Trinajstić information content (AvgIpc) is 3.73. The van der Waals surface area contributed by atoms with Crippen molar-refractivity contribution in [2.75, 3.05) is 0 Å². The lowest BCUT2D eigenvalue weighted by Crippen LogP contribution is -2.32. The molecule has 2 nitrogen and oxygen atoms in total. The molecule has 12 rings (SSSR count). The number of ether oxygens (including phenoxy) is 1. The first-order valence-corrected chi connectivity index (χ1v) is 18.4. The molecule has 1 spiro atoms. The monoisotopic (exact) mass is 673 g/mol. The van der Waals surface area contributed by atoms with Crippen LogP contribution in [-0.2, 0) is 5.41 Å². The zero-order valence-corrected chi connectivity index (χ0v) is 28.8. The Morgan fingerprint density at radius 2 is 0.925 bits per heavy atom. The molecular formula is C51H31NO. The van der Waals surface area contributed by atoms with E-state index in [0.29, 0.717) is 0 Å². The van der Waals surface area contributed by atoms with E-state index in [1.54, 1.807) is 0 Å². The molecule has 0 N–H and O–H groups in total. The normalized spacial score (nSPS) is 13.6. The Hall–Kier alpha value is -6.90. The molecule has 2 aliphatic rings. The van der Waals surface area contributed by atoms with Crippen molar-refractivity contribution in [2.45, 2.75) is 5.41 Å². The number of benzene rings is 9. The standard InChI is InChI=1S/C51H31NO/c1-3-15-36-32(12-1)14-11-19-37(36)34-24-27-35(28-25-34)52-48-38-16-4-2-13-33(38)26-29-41(48)42-30-31-46-50(49(42)52)53-47-23-10-9-22-45(47)51(46)43-20-7-5-17-39(43)40-18-6-8-21-44(40)51/h1-31H. The Labute approximate surface area is 306 Å². The van der Waals surface area contributed by atoms with Crippen molar-refractivity contribution in [2.24, 2.45) is 0 Å². The molecule has 0 unspecified atom stereocenters. The van der Waals surface area contributed by atoms with Crippen LogP contribution in [0.15, 0.2) is 188 Å². The summed E-state index contributed by atoms with van der Waals surface area (Å²) in [5.74, 6) is 1.80. The third-order valence-corrected chi connectivity index (χ3v) is 11.9. The van der Waals surface area contributed by atoms with Crippen LogP contribution in [0.25, 0.3) is 71.3 Å². The van der Waals surface area contributed by atoms with Crippen LogP contribution < -0.4 is 4.74 Å². The summed E-state index contributed by atoms with van der Waals surface area (Å²) in [7, 11) is 0. The minimum absolute atomic E-state index is 0.535. The average molecular weight is 674 g/mol. The third-order valence-electron chi connectivity index (χ3n) is 11.9. The molecule has 0 saturated heterocycles. The highest BCUT2D eigenvalue weighted by molar-refractivity contribution is 6.20. The smallest absolute Gasteiger partial charge is 0.156 e. The molecule has 1 aliphatic heterocycles. The minimum atomic E-state index is -0.535. The van der Waals surface area contributed by atoms with Gasteiger partial charge in [-0.2, -0.15) is 0 Å². The number of hydrogen-bond donors (Lipinski definition) is 0. The maximum atomic E-state index is 7.23. The van der Waals surface area contributed by atoms with Gasteiger partial charge in [0.15, 0.2) is 5.75 Å². The van der Waals surface area contributed by atoms with Crippen molar-refractivity contribution in [3.05, 3.63) is 210 Å². The van der Waals surface area contributed by atoms with Crippen LogP contribution in [0.1, 0.15) is 22.3 Å². The highest BCUT2D eigenvalue weighted by atomic mass is 16.5. The van der Waals surface area contributed by atoms with Gasteiger partial charge in [0.05, 0.1) is 16.4 Å². The highest BCUT2D eigenvalue weighted by Crippen LogP contribution is 2.63. The van der Waals surface area contributed by atoms with Crippen molar-refractivity contribution < 1.29 is 4.74 Å². The zero-order chi connectivity index (χ0) is 34.7. The molecular weight excluding hydrogens is 643 g/mol. The van der Waals surface area contributed by atoms with Gasteiger partial charge in [-0.05, 0) is 67.7 Å². The fourth-order valence-corrected chi connectivity index (χ4v) is 9.70. The summed E-state index contributed by atoms with van der Waals surface area (Å²) >= 11 is 0. The SMILES string of the molecule is c1ccc2c(c1)Oc1c(ccc3c4ccc5ccccc5c4n(-c4ccc(-c5cccc6ccccc56)cc4)c13)C21c2ccccc2-c2ccccc21. The van der Waals surface area contributed by atoms with E-state index in [4.69, 9.17) is 4.74 Å². The van der Waals surface area contributed by atoms with Gasteiger partial charge < -0.3 is 9.30 Å². The molecule has 10 aromatic rings. The number of fused-ring (bicyclic) bond motifs is 16. The highest BCUT2D eigenvalue weighted by Gasteiger charge is 2.51. The number of nitrogens with zero attached hydrogens (tertiary/aromatic N) is 1. The van der Waals surface area contributed by atoms with Crippen molar-refractivity contribution in [1.82, 2.24) is 4.57 Å². The Bertz CT molecular complexity index is 3100. The van der Waals surface area contributed by atoms with Gasteiger partial charge in [0.25, 0.3) is 0 Å². The number of rotatable bonds is 2. The van der Waals surface area contributed by atoms with Crippen LogP contribution in [0.2, 0.25) is 0 Å². The summed E-state index contributed by atoms with van der Waals surface area (Å²) in [5, 5.41) is 7.33. The zero-order valence-electron chi connectivity index (χ0n) is 28.8. The summed E-state index contributed by atoms with van der Waals surface area (Å²) in [5.41, 5.74) is 12.8. The van der Waals surface area contributed by atoms with Crippen molar-refractivity contribution in [3.8, 4) is 39.4 Å². The molecule has 0 saturated carbocycles. The van der Waals surface area contributed by atoms with Crippen LogP contribution in [0.4, 0.5) is 0 Å². The summed E-state index contributed by atoms with van der Waals surface area (Å²) in [6, 6.07) is 68.8. The third kappa shape index (κ3) is 3.72. The molecule has 2 heteroatoms. The molecule has 0 bridgehead atoms. The first-order chi connectivity index (χ1) is 26.3. The van der Waals surface area contributed by atoms with E-state index in [9.17, 15) is 0 Å². The van der Waals surface area contributed by atoms with Crippen LogP contribution in [0, 0.1) is 0 Å². The maximum absolute atomic E-state index is 7.23. The molecule has 0 radical (unpaired) electrons. The molecule has 0 amide bonds. The van der Waals surface area contributed by atoms with Crippen LogP contribution in [0.5, 0.6) is 11.5 Å². The van der Waals surface area contributed by atoms with Gasteiger partial charge in [-0.15, -0.1) is 0 Å². The predicted octanol–water partition coefficient (Wildman–Crippen LogP) is 13.2. The van der Waals surface area contributed by atoms with E-state index in [1.165, 1.54) is 82.3 Å². The second-order valence-electron chi connectivity index (χ2n) is 14.4. The van der Waals surface area contributed by atoms with Crippen molar-refractivity contribution in [1.29, 1.82) is 0 Å². The Morgan fingerprint density at radius 3 is 1.70 bits per heavy atom. The largest absolute Gasteiger partial charge is 0.454 e. The summed E-state index contributed by atoms with van der Waals surface area (Å²) < 4.78 is 9.70. The van der Waals surface area contributed by atoms with E-state index in [0.717, 1.165) is 22.7 Å². The van der Waals surface area contributed by atoms with E-state index < -0.39 is 5.41 Å². The van der Waals surface area contributed by atoms with Gasteiger partial charge in [0, 0.05) is 33.0 Å². The number of hydrogen-bond acceptors (Lipinski definition) is 1. The number of para-hydroxylation sites is 1. The van der Waals surface area contributed by atoms with E-state index >= 15 is 0 Å². The van der Waals surface area contributed by atoms with Crippen LogP contribution >= 0.6 is 0 Å². The minimum Gasteiger partial charge on any atom is -0.454 e. The topological polar surface area (TPSA) is 14.2 Å². The molecule has 9 aromatic carbocycles. The lowest BCUT2D eigenvalue weighted by atomic mass is 9.66. The lowest BCUT2D eigenvalue weighted by molar-refractivity contribution is 0.440. The molecule has 1 aliphatic carbocycles. The van der Waals surface area contributed by atoms with Gasteiger partial charge in [0.1, 0.15) is 5.75 Å². The van der Waals surface area contributed by atoms with Crippen LogP contribution in [0.3, 0.4) is 0 Å². The summed E-state index contributed by atoms with van der Waals surface area (Å²) in [6.07, 6.45) is 0. The summed E-state index contributed by atoms with van der Waals surface area (Å²) in [6.45, 7) is 0. The maximum Gasteiger partial charge on any atom is 0.156 e. The quantitative estimate of drug-likeness (QED) is 0.178. The Kier molecular flexibility index (Phi) is 5.73. The Morgan fingerprint density at radius 1 is 0.358 bits per heavy atom. The lowest BCUT2D eigenvalue weighted by Gasteiger charge is -2.39. The fourth-order valence-electron chi connectivity index (χ4n) is 9.70. The first kappa shape index (κ1) is 28.8. The van der Waals surface area contributed by atoms with E-state index in [1.807, 2.05) is 0 Å². The second-order valence-corrected chi connectivity index (χ2v) is 14.4. The first-order valence-electron chi connectivity index (χ1n) is 18.4. The fraction of sp³-hybridized carbons (Fsp3) is 0.0196. The Balaban J connectivity index is 1.20.